The first kappa shape index (κ1) is 32.9. The van der Waals surface area contributed by atoms with E-state index in [-0.39, 0.29) is 12.1 Å². The number of hydrogen-bond donors (Lipinski definition) is 5. The molecule has 51 heavy (non-hydrogen) atoms. The summed E-state index contributed by atoms with van der Waals surface area (Å²) in [5.74, 6) is 2.12. The topological polar surface area (TPSA) is 132 Å². The number of anilines is 2. The Labute approximate surface area is 294 Å². The number of carbonyl (C=O) groups excluding carboxylic acids is 2. The second kappa shape index (κ2) is 14.5. The number of hydrogen-bond acceptors (Lipinski definition) is 8. The average Bonchev–Trinajstić information content (AvgIpc) is 3.43. The number of nitrogens with one attached hydrogen (secondary N) is 3. The first-order chi connectivity index (χ1) is 24.9. The molecular formula is C41H34N4O6. The van der Waals surface area contributed by atoms with Crippen LogP contribution < -0.4 is 30.7 Å². The van der Waals surface area contributed by atoms with Crippen molar-refractivity contribution in [2.75, 3.05) is 17.3 Å². The van der Waals surface area contributed by atoms with Crippen molar-refractivity contribution in [3.8, 4) is 23.0 Å². The van der Waals surface area contributed by atoms with Crippen molar-refractivity contribution in [1.82, 2.24) is 11.0 Å². The summed E-state index contributed by atoms with van der Waals surface area (Å²) in [4.78, 5) is 25.3. The molecule has 2 aliphatic rings. The molecule has 2 heterocycles. The molecule has 0 saturated carbocycles. The maximum Gasteiger partial charge on any atom is 0.274 e. The number of nitrogens with zero attached hydrogens (tertiary/aromatic N) is 1. The van der Waals surface area contributed by atoms with E-state index in [0.717, 1.165) is 56.6 Å². The molecule has 2 aliphatic heterocycles. The van der Waals surface area contributed by atoms with Gasteiger partial charge in [0.1, 0.15) is 11.5 Å². The van der Waals surface area contributed by atoms with E-state index in [1.165, 1.54) is 0 Å². The molecule has 8 rings (SSSR count). The average molecular weight is 679 g/mol. The molecule has 6 aromatic carbocycles. The molecule has 5 N–H and O–H groups in total. The minimum Gasteiger partial charge on any atom is -0.455 e. The summed E-state index contributed by atoms with van der Waals surface area (Å²) in [6.45, 7) is 0. The SMILES string of the molecule is CN1c2ccccc2Oc2ccccc2C1c1ccc(C(=O)NO)cc1.O=C(NO)c1ccc(C2Nc3ccccc3Oc3ccccc32)cc1. The summed E-state index contributed by atoms with van der Waals surface area (Å²) >= 11 is 0. The summed E-state index contributed by atoms with van der Waals surface area (Å²) in [5, 5.41) is 21.1. The van der Waals surface area contributed by atoms with Gasteiger partial charge in [0.2, 0.25) is 0 Å². The molecule has 0 aliphatic carbocycles. The van der Waals surface area contributed by atoms with E-state index in [1.807, 2.05) is 122 Å². The van der Waals surface area contributed by atoms with Gasteiger partial charge in [-0.25, -0.2) is 11.0 Å². The lowest BCUT2D eigenvalue weighted by molar-refractivity contribution is 0.0702. The van der Waals surface area contributed by atoms with Gasteiger partial charge < -0.3 is 19.7 Å². The van der Waals surface area contributed by atoms with E-state index in [0.29, 0.717) is 11.1 Å². The van der Waals surface area contributed by atoms with Crippen molar-refractivity contribution in [1.29, 1.82) is 0 Å². The zero-order valence-electron chi connectivity index (χ0n) is 27.5. The van der Waals surface area contributed by atoms with Crippen molar-refractivity contribution in [2.24, 2.45) is 0 Å². The second-order valence-corrected chi connectivity index (χ2v) is 12.0. The van der Waals surface area contributed by atoms with E-state index >= 15 is 0 Å². The molecule has 0 fully saturated rings. The number of ether oxygens (including phenoxy) is 2. The molecule has 2 amide bonds. The van der Waals surface area contributed by atoms with Crippen LogP contribution in [-0.2, 0) is 0 Å². The summed E-state index contributed by atoms with van der Waals surface area (Å²) in [6, 6.07) is 45.7. The number of para-hydroxylation sites is 6. The van der Waals surface area contributed by atoms with E-state index in [9.17, 15) is 9.59 Å². The summed E-state index contributed by atoms with van der Waals surface area (Å²) < 4.78 is 12.2. The molecule has 10 heteroatoms. The van der Waals surface area contributed by atoms with Crippen LogP contribution >= 0.6 is 0 Å². The van der Waals surface area contributed by atoms with Crippen molar-refractivity contribution >= 4 is 23.2 Å². The first-order valence-electron chi connectivity index (χ1n) is 16.2. The molecule has 0 bridgehead atoms. The van der Waals surface area contributed by atoms with E-state index in [2.05, 4.69) is 16.3 Å². The van der Waals surface area contributed by atoms with Crippen LogP contribution in [0, 0.1) is 0 Å². The van der Waals surface area contributed by atoms with Gasteiger partial charge >= 0.3 is 0 Å². The van der Waals surface area contributed by atoms with Crippen LogP contribution in [-0.4, -0.2) is 29.3 Å². The molecule has 0 saturated heterocycles. The molecule has 0 radical (unpaired) electrons. The van der Waals surface area contributed by atoms with E-state index in [4.69, 9.17) is 19.9 Å². The zero-order valence-corrected chi connectivity index (χ0v) is 27.5. The number of hydroxylamine groups is 2. The summed E-state index contributed by atoms with van der Waals surface area (Å²) in [6.07, 6.45) is 0. The smallest absolute Gasteiger partial charge is 0.274 e. The van der Waals surface area contributed by atoms with Gasteiger partial charge in [0.05, 0.1) is 23.5 Å². The highest BCUT2D eigenvalue weighted by Gasteiger charge is 2.29. The molecule has 254 valence electrons. The van der Waals surface area contributed by atoms with Crippen LogP contribution in [0.15, 0.2) is 146 Å². The Kier molecular flexibility index (Phi) is 9.34. The minimum atomic E-state index is -0.533. The Morgan fingerprint density at radius 3 is 1.67 bits per heavy atom. The van der Waals surface area contributed by atoms with Crippen molar-refractivity contribution < 1.29 is 29.5 Å². The van der Waals surface area contributed by atoms with Crippen LogP contribution in [0.25, 0.3) is 0 Å². The third kappa shape index (κ3) is 6.69. The molecule has 2 unspecified atom stereocenters. The number of benzene rings is 6. The lowest BCUT2D eigenvalue weighted by Gasteiger charge is -2.29. The highest BCUT2D eigenvalue weighted by molar-refractivity contribution is 5.93. The minimum absolute atomic E-state index is 0.0684. The summed E-state index contributed by atoms with van der Waals surface area (Å²) in [7, 11) is 2.03. The predicted molar refractivity (Wildman–Crippen MR) is 193 cm³/mol. The van der Waals surface area contributed by atoms with Gasteiger partial charge in [0.15, 0.2) is 11.5 Å². The highest BCUT2D eigenvalue weighted by Crippen LogP contribution is 2.46. The second-order valence-electron chi connectivity index (χ2n) is 12.0. The number of amides is 2. The van der Waals surface area contributed by atoms with Gasteiger partial charge in [-0.2, -0.15) is 0 Å². The van der Waals surface area contributed by atoms with Crippen LogP contribution in [0.4, 0.5) is 11.4 Å². The number of fused-ring (bicyclic) bond motifs is 4. The van der Waals surface area contributed by atoms with Gasteiger partial charge in [0.25, 0.3) is 11.8 Å². The van der Waals surface area contributed by atoms with E-state index in [1.54, 1.807) is 35.2 Å². The number of carbonyl (C=O) groups is 2. The Hall–Kier alpha value is -6.62. The van der Waals surface area contributed by atoms with Crippen LogP contribution in [0.2, 0.25) is 0 Å². The molecule has 2 atom stereocenters. The summed E-state index contributed by atoms with van der Waals surface area (Å²) in [5.41, 5.74) is 10.1. The van der Waals surface area contributed by atoms with Crippen LogP contribution in [0.1, 0.15) is 55.1 Å². The zero-order chi connectivity index (χ0) is 35.3. The van der Waals surface area contributed by atoms with Crippen LogP contribution in [0.5, 0.6) is 23.0 Å². The Morgan fingerprint density at radius 2 is 1.04 bits per heavy atom. The lowest BCUT2D eigenvalue weighted by atomic mass is 9.95. The van der Waals surface area contributed by atoms with E-state index < -0.39 is 11.8 Å². The lowest BCUT2D eigenvalue weighted by Crippen LogP contribution is -2.24. The van der Waals surface area contributed by atoms with Gasteiger partial charge in [-0.15, -0.1) is 0 Å². The van der Waals surface area contributed by atoms with Crippen molar-refractivity contribution in [3.05, 3.63) is 179 Å². The Bertz CT molecular complexity index is 2190. The number of rotatable bonds is 4. The largest absolute Gasteiger partial charge is 0.455 e. The van der Waals surface area contributed by atoms with Crippen LogP contribution in [0.3, 0.4) is 0 Å². The first-order valence-corrected chi connectivity index (χ1v) is 16.2. The fourth-order valence-electron chi connectivity index (χ4n) is 6.38. The third-order valence-corrected chi connectivity index (χ3v) is 8.90. The maximum atomic E-state index is 11.6. The van der Waals surface area contributed by atoms with Gasteiger partial charge in [-0.3, -0.25) is 20.0 Å². The fraction of sp³-hybridized carbons (Fsp3) is 0.0732. The molecule has 0 spiro atoms. The predicted octanol–water partition coefficient (Wildman–Crippen LogP) is 8.25. The van der Waals surface area contributed by atoms with Gasteiger partial charge in [-0.05, 0) is 71.8 Å². The normalized spacial score (nSPS) is 15.2. The maximum absolute atomic E-state index is 11.6. The molecule has 6 aromatic rings. The Balaban J connectivity index is 0.000000159. The third-order valence-electron chi connectivity index (χ3n) is 8.90. The Morgan fingerprint density at radius 1 is 0.569 bits per heavy atom. The quantitative estimate of drug-likeness (QED) is 0.0931. The highest BCUT2D eigenvalue weighted by atomic mass is 16.5. The van der Waals surface area contributed by atoms with Gasteiger partial charge in [0, 0.05) is 29.3 Å². The van der Waals surface area contributed by atoms with Crippen molar-refractivity contribution in [2.45, 2.75) is 12.1 Å². The van der Waals surface area contributed by atoms with Crippen molar-refractivity contribution in [3.63, 3.8) is 0 Å². The molecule has 10 nitrogen and oxygen atoms in total. The standard InChI is InChI=1S/C21H18N2O3.C20H16N2O3/c1-23-17-7-3-5-9-19(17)26-18-8-4-2-6-16(18)20(23)14-10-12-15(13-11-14)21(24)22-25;23-20(22-24)14-11-9-13(10-12-14)19-15-5-1-3-7-17(15)25-18-8-4-2-6-16(18)21-19/h2-13,20,25H,1H3,(H,22,24);1-12,19,21,24H,(H,22,23). The molecule has 0 aromatic heterocycles. The monoisotopic (exact) mass is 678 g/mol. The van der Waals surface area contributed by atoms with Gasteiger partial charge in [-0.1, -0.05) is 84.9 Å². The molecular weight excluding hydrogens is 644 g/mol. The fourth-order valence-corrected chi connectivity index (χ4v) is 6.38.